The Bertz CT molecular complexity index is 423. The Morgan fingerprint density at radius 3 is 2.82 bits per heavy atom. The smallest absolute Gasteiger partial charge is 0.313 e. The molecule has 0 saturated carbocycles. The van der Waals surface area contributed by atoms with Gasteiger partial charge in [-0.1, -0.05) is 26.0 Å². The number of fused-ring (bicyclic) bond motifs is 1. The molecule has 1 unspecified atom stereocenters. The number of methoxy groups -OCH3 is 1. The van der Waals surface area contributed by atoms with Gasteiger partial charge in [0.1, 0.15) is 5.75 Å². The van der Waals surface area contributed by atoms with Gasteiger partial charge in [0.05, 0.1) is 19.6 Å². The summed E-state index contributed by atoms with van der Waals surface area (Å²) >= 11 is 0. The van der Waals surface area contributed by atoms with Crippen molar-refractivity contribution in [3.05, 3.63) is 29.3 Å². The molecule has 3 nitrogen and oxygen atoms in total. The zero-order valence-electron chi connectivity index (χ0n) is 10.5. The Morgan fingerprint density at radius 1 is 1.41 bits per heavy atom. The Labute approximate surface area is 102 Å². The first-order chi connectivity index (χ1) is 8.13. The minimum absolute atomic E-state index is 0.168. The monoisotopic (exact) mass is 234 g/mol. The van der Waals surface area contributed by atoms with Crippen molar-refractivity contribution in [2.75, 3.05) is 13.7 Å². The van der Waals surface area contributed by atoms with Crippen LogP contribution in [0.5, 0.6) is 5.75 Å². The maximum atomic E-state index is 11.8. The van der Waals surface area contributed by atoms with Crippen molar-refractivity contribution in [3.8, 4) is 5.75 Å². The molecule has 0 bridgehead atoms. The first kappa shape index (κ1) is 12.0. The number of benzene rings is 1. The van der Waals surface area contributed by atoms with Gasteiger partial charge < -0.3 is 9.47 Å². The first-order valence-electron chi connectivity index (χ1n) is 5.97. The fourth-order valence-electron chi connectivity index (χ4n) is 2.32. The lowest BCUT2D eigenvalue weighted by Gasteiger charge is -2.19. The minimum atomic E-state index is -0.189. The van der Waals surface area contributed by atoms with Gasteiger partial charge in [-0.2, -0.15) is 0 Å². The third-order valence-corrected chi connectivity index (χ3v) is 3.19. The second-order valence-corrected chi connectivity index (χ2v) is 4.71. The van der Waals surface area contributed by atoms with E-state index in [2.05, 4.69) is 6.07 Å². The summed E-state index contributed by atoms with van der Waals surface area (Å²) < 4.78 is 10.3. The second-order valence-electron chi connectivity index (χ2n) is 4.71. The Balaban J connectivity index is 2.33. The van der Waals surface area contributed by atoms with Crippen LogP contribution in [0.2, 0.25) is 0 Å². The van der Waals surface area contributed by atoms with E-state index in [0.717, 1.165) is 24.3 Å². The number of ether oxygens (including phenoxy) is 2. The van der Waals surface area contributed by atoms with Crippen molar-refractivity contribution < 1.29 is 14.3 Å². The van der Waals surface area contributed by atoms with E-state index in [0.29, 0.717) is 0 Å². The summed E-state index contributed by atoms with van der Waals surface area (Å²) in [4.78, 5) is 11.8. The first-order valence-corrected chi connectivity index (χ1v) is 5.97. The number of hydrogen-bond donors (Lipinski definition) is 0. The molecular weight excluding hydrogens is 216 g/mol. The van der Waals surface area contributed by atoms with Crippen molar-refractivity contribution in [3.63, 3.8) is 0 Å². The van der Waals surface area contributed by atoms with Crippen molar-refractivity contribution >= 4 is 5.97 Å². The van der Waals surface area contributed by atoms with Crippen LogP contribution in [0.15, 0.2) is 18.2 Å². The van der Waals surface area contributed by atoms with Gasteiger partial charge in [-0.15, -0.1) is 0 Å². The molecule has 0 amide bonds. The van der Waals surface area contributed by atoms with Crippen LogP contribution in [0.3, 0.4) is 0 Å². The van der Waals surface area contributed by atoms with Crippen molar-refractivity contribution in [2.24, 2.45) is 5.92 Å². The van der Waals surface area contributed by atoms with Gasteiger partial charge in [0.15, 0.2) is 0 Å². The zero-order chi connectivity index (χ0) is 12.4. The highest BCUT2D eigenvalue weighted by Gasteiger charge is 2.26. The number of esters is 1. The van der Waals surface area contributed by atoms with E-state index in [1.54, 1.807) is 0 Å². The second kappa shape index (κ2) is 4.78. The maximum absolute atomic E-state index is 11.8. The number of carbonyl (C=O) groups is 1. The molecule has 3 heteroatoms. The van der Waals surface area contributed by atoms with E-state index in [9.17, 15) is 4.79 Å². The van der Waals surface area contributed by atoms with E-state index >= 15 is 0 Å². The van der Waals surface area contributed by atoms with Crippen LogP contribution >= 0.6 is 0 Å². The highest BCUT2D eigenvalue weighted by molar-refractivity contribution is 5.78. The normalized spacial score (nSPS) is 15.3. The molecule has 1 aliphatic heterocycles. The highest BCUT2D eigenvalue weighted by Crippen LogP contribution is 2.32. The van der Waals surface area contributed by atoms with Crippen LogP contribution in [-0.2, 0) is 16.0 Å². The number of rotatable bonds is 3. The highest BCUT2D eigenvalue weighted by atomic mass is 16.5. The lowest BCUT2D eigenvalue weighted by Crippen LogP contribution is -2.19. The van der Waals surface area contributed by atoms with Gasteiger partial charge in [-0.05, 0) is 23.1 Å². The van der Waals surface area contributed by atoms with Crippen LogP contribution in [0.4, 0.5) is 0 Å². The SMILES string of the molecule is COC(=O)C(c1ccc2c(c1)CCO2)C(C)C. The van der Waals surface area contributed by atoms with Gasteiger partial charge >= 0.3 is 5.97 Å². The van der Waals surface area contributed by atoms with Crippen LogP contribution in [-0.4, -0.2) is 19.7 Å². The third kappa shape index (κ3) is 2.28. The molecule has 0 aliphatic carbocycles. The van der Waals surface area contributed by atoms with Gasteiger partial charge in [0.25, 0.3) is 0 Å². The molecule has 0 radical (unpaired) electrons. The summed E-state index contributed by atoms with van der Waals surface area (Å²) in [5.74, 6) is 0.814. The molecule has 1 heterocycles. The fraction of sp³-hybridized carbons (Fsp3) is 0.500. The van der Waals surface area contributed by atoms with Crippen molar-refractivity contribution in [1.82, 2.24) is 0 Å². The predicted octanol–water partition coefficient (Wildman–Crippen LogP) is 2.53. The summed E-state index contributed by atoms with van der Waals surface area (Å²) in [6.45, 7) is 4.81. The average molecular weight is 234 g/mol. The van der Waals surface area contributed by atoms with Crippen LogP contribution < -0.4 is 4.74 Å². The molecule has 2 rings (SSSR count). The topological polar surface area (TPSA) is 35.5 Å². The molecule has 0 spiro atoms. The van der Waals surface area contributed by atoms with Gasteiger partial charge in [0.2, 0.25) is 0 Å². The lowest BCUT2D eigenvalue weighted by atomic mass is 9.87. The van der Waals surface area contributed by atoms with E-state index in [4.69, 9.17) is 9.47 Å². The molecule has 17 heavy (non-hydrogen) atoms. The van der Waals surface area contributed by atoms with Crippen molar-refractivity contribution in [1.29, 1.82) is 0 Å². The van der Waals surface area contributed by atoms with Crippen LogP contribution in [0.1, 0.15) is 30.9 Å². The lowest BCUT2D eigenvalue weighted by molar-refractivity contribution is -0.143. The molecule has 92 valence electrons. The molecule has 1 aromatic carbocycles. The molecule has 0 N–H and O–H groups in total. The molecule has 0 fully saturated rings. The Morgan fingerprint density at radius 2 is 2.18 bits per heavy atom. The molecule has 1 atom stereocenters. The standard InChI is InChI=1S/C14H18O3/c1-9(2)13(14(15)16-3)11-4-5-12-10(8-11)6-7-17-12/h4-5,8-9,13H,6-7H2,1-3H3. The van der Waals surface area contributed by atoms with E-state index in [1.165, 1.54) is 12.7 Å². The van der Waals surface area contributed by atoms with Gasteiger partial charge in [0, 0.05) is 6.42 Å². The average Bonchev–Trinajstić information content (AvgIpc) is 2.75. The van der Waals surface area contributed by atoms with E-state index in [-0.39, 0.29) is 17.8 Å². The Kier molecular flexibility index (Phi) is 3.36. The largest absolute Gasteiger partial charge is 0.493 e. The Hall–Kier alpha value is -1.51. The quantitative estimate of drug-likeness (QED) is 0.754. The van der Waals surface area contributed by atoms with E-state index in [1.807, 2.05) is 26.0 Å². The minimum Gasteiger partial charge on any atom is -0.493 e. The van der Waals surface area contributed by atoms with E-state index < -0.39 is 0 Å². The van der Waals surface area contributed by atoms with Gasteiger partial charge in [-0.25, -0.2) is 0 Å². The number of hydrogen-bond acceptors (Lipinski definition) is 3. The van der Waals surface area contributed by atoms with Crippen molar-refractivity contribution in [2.45, 2.75) is 26.2 Å². The summed E-state index contributed by atoms with van der Waals surface area (Å²) in [6.07, 6.45) is 0.926. The van der Waals surface area contributed by atoms with Crippen LogP contribution in [0, 0.1) is 5.92 Å². The predicted molar refractivity (Wildman–Crippen MR) is 65.2 cm³/mol. The molecule has 0 aromatic heterocycles. The fourth-order valence-corrected chi connectivity index (χ4v) is 2.32. The summed E-state index contributed by atoms with van der Waals surface area (Å²) in [5.41, 5.74) is 2.22. The summed E-state index contributed by atoms with van der Waals surface area (Å²) in [7, 11) is 1.44. The molecule has 1 aromatic rings. The molecule has 0 saturated heterocycles. The molecule has 1 aliphatic rings. The zero-order valence-corrected chi connectivity index (χ0v) is 10.5. The summed E-state index contributed by atoms with van der Waals surface area (Å²) in [6, 6.07) is 5.99. The number of carbonyl (C=O) groups excluding carboxylic acids is 1. The third-order valence-electron chi connectivity index (χ3n) is 3.19. The molecular formula is C14H18O3. The van der Waals surface area contributed by atoms with Crippen LogP contribution in [0.25, 0.3) is 0 Å². The maximum Gasteiger partial charge on any atom is 0.313 e. The summed E-state index contributed by atoms with van der Waals surface area (Å²) in [5, 5.41) is 0. The van der Waals surface area contributed by atoms with Gasteiger partial charge in [-0.3, -0.25) is 4.79 Å².